The monoisotopic (exact) mass is 274 g/mol. The van der Waals surface area contributed by atoms with E-state index in [9.17, 15) is 0 Å². The Morgan fingerprint density at radius 1 is 1.43 bits per heavy atom. The largest absolute Gasteiger partial charge is 0.346 e. The van der Waals surface area contributed by atoms with E-state index in [0.717, 1.165) is 26.1 Å². The number of pyridine rings is 1. The number of nitrogens with zero attached hydrogens (tertiary/aromatic N) is 1. The fraction of sp³-hybridized carbons (Fsp3) is 0.300. The molecule has 4 heteroatoms. The van der Waals surface area contributed by atoms with Crippen molar-refractivity contribution in [3.63, 3.8) is 0 Å². The summed E-state index contributed by atoms with van der Waals surface area (Å²) >= 11 is 9.39. The minimum Gasteiger partial charge on any atom is -0.346 e. The lowest BCUT2D eigenvalue weighted by Gasteiger charge is -1.97. The zero-order chi connectivity index (χ0) is 10.7. The van der Waals surface area contributed by atoms with Gasteiger partial charge in [-0.15, -0.1) is 0 Å². The van der Waals surface area contributed by atoms with Gasteiger partial charge < -0.3 is 4.98 Å². The molecule has 0 spiro atoms. The predicted octanol–water partition coefficient (Wildman–Crippen LogP) is 4.31. The number of H-pyrrole nitrogens is 1. The predicted molar refractivity (Wildman–Crippen MR) is 64.9 cm³/mol. The highest BCUT2D eigenvalue weighted by Crippen LogP contribution is 2.30. The molecule has 0 atom stereocenters. The van der Waals surface area contributed by atoms with Crippen molar-refractivity contribution in [1.29, 1.82) is 0 Å². The van der Waals surface area contributed by atoms with Gasteiger partial charge in [-0.25, -0.2) is 4.98 Å². The van der Waals surface area contributed by atoms with Crippen LogP contribution in [0.2, 0.25) is 5.02 Å². The Morgan fingerprint density at radius 2 is 2.07 bits per heavy atom. The van der Waals surface area contributed by atoms with E-state index in [-0.39, 0.29) is 0 Å². The first-order chi connectivity index (χ1) is 6.70. The van der Waals surface area contributed by atoms with Crippen LogP contribution in [0.3, 0.4) is 0 Å². The Kier molecular flexibility index (Phi) is 3.96. The number of hydrogen-bond donors (Lipinski definition) is 1. The van der Waals surface area contributed by atoms with Gasteiger partial charge in [-0.3, -0.25) is 0 Å². The average Bonchev–Trinajstić information content (AvgIpc) is 2.58. The normalized spacial score (nSPS) is 9.79. The van der Waals surface area contributed by atoms with Gasteiger partial charge in [0, 0.05) is 17.8 Å². The maximum Gasteiger partial charge on any atom is 0.139 e. The lowest BCUT2D eigenvalue weighted by molar-refractivity contribution is 1.31. The second-order valence-electron chi connectivity index (χ2n) is 2.62. The molecule has 2 aromatic rings. The third-order valence-corrected chi connectivity index (χ3v) is 3.01. The Morgan fingerprint density at radius 3 is 2.71 bits per heavy atom. The standard InChI is InChI=1S/C8H6BrClN2.C2H6/c1-4-2-11-8-6(4)7(10)5(9)3-12-8;1-2/h2-3H,1H3,(H,11,12);1-2H3. The summed E-state index contributed by atoms with van der Waals surface area (Å²) < 4.78 is 0.833. The number of nitrogens with one attached hydrogen (secondary N) is 1. The minimum absolute atomic E-state index is 0.721. The Balaban J connectivity index is 0.000000461. The highest BCUT2D eigenvalue weighted by atomic mass is 79.9. The smallest absolute Gasteiger partial charge is 0.139 e. The molecule has 0 saturated heterocycles. The quantitative estimate of drug-likeness (QED) is 0.762. The molecule has 0 fully saturated rings. The van der Waals surface area contributed by atoms with Crippen LogP contribution in [0, 0.1) is 6.92 Å². The maximum absolute atomic E-state index is 6.07. The van der Waals surface area contributed by atoms with Crippen LogP contribution in [0.1, 0.15) is 19.4 Å². The van der Waals surface area contributed by atoms with Crippen molar-refractivity contribution in [1.82, 2.24) is 9.97 Å². The third-order valence-electron chi connectivity index (χ3n) is 1.79. The maximum atomic E-state index is 6.07. The summed E-state index contributed by atoms with van der Waals surface area (Å²) in [7, 11) is 0. The van der Waals surface area contributed by atoms with Crippen molar-refractivity contribution in [2.45, 2.75) is 20.8 Å². The molecule has 0 amide bonds. The van der Waals surface area contributed by atoms with Crippen LogP contribution in [-0.2, 0) is 0 Å². The van der Waals surface area contributed by atoms with Crippen LogP contribution in [0.4, 0.5) is 0 Å². The summed E-state index contributed by atoms with van der Waals surface area (Å²) in [4.78, 5) is 7.22. The molecule has 0 radical (unpaired) electrons. The van der Waals surface area contributed by atoms with Crippen LogP contribution in [0.15, 0.2) is 16.9 Å². The van der Waals surface area contributed by atoms with E-state index in [4.69, 9.17) is 11.6 Å². The van der Waals surface area contributed by atoms with Crippen molar-refractivity contribution >= 4 is 38.6 Å². The van der Waals surface area contributed by atoms with E-state index in [1.165, 1.54) is 0 Å². The summed E-state index contributed by atoms with van der Waals surface area (Å²) in [5.41, 5.74) is 1.95. The summed E-state index contributed by atoms with van der Waals surface area (Å²) in [6.07, 6.45) is 3.59. The van der Waals surface area contributed by atoms with Gasteiger partial charge in [-0.2, -0.15) is 0 Å². The second kappa shape index (κ2) is 4.80. The molecule has 2 aromatic heterocycles. The SMILES string of the molecule is CC.Cc1c[nH]c2ncc(Br)c(Cl)c12. The van der Waals surface area contributed by atoms with Crippen molar-refractivity contribution in [3.8, 4) is 0 Å². The number of aromatic amines is 1. The molecule has 2 heterocycles. The van der Waals surface area contributed by atoms with Gasteiger partial charge in [-0.05, 0) is 28.4 Å². The molecule has 0 aliphatic carbocycles. The van der Waals surface area contributed by atoms with E-state index in [0.29, 0.717) is 0 Å². The average molecular weight is 276 g/mol. The summed E-state index contributed by atoms with van der Waals surface area (Å²) in [6, 6.07) is 0. The highest BCUT2D eigenvalue weighted by molar-refractivity contribution is 9.10. The fourth-order valence-electron chi connectivity index (χ4n) is 1.18. The van der Waals surface area contributed by atoms with Crippen LogP contribution >= 0.6 is 27.5 Å². The van der Waals surface area contributed by atoms with Gasteiger partial charge in [0.05, 0.1) is 9.50 Å². The third kappa shape index (κ3) is 1.93. The van der Waals surface area contributed by atoms with Crippen LogP contribution in [0.25, 0.3) is 11.0 Å². The Bertz CT molecular complexity index is 437. The van der Waals surface area contributed by atoms with Crippen LogP contribution in [0.5, 0.6) is 0 Å². The van der Waals surface area contributed by atoms with Crippen LogP contribution in [-0.4, -0.2) is 9.97 Å². The number of rotatable bonds is 0. The van der Waals surface area contributed by atoms with Gasteiger partial charge >= 0.3 is 0 Å². The van der Waals surface area contributed by atoms with Gasteiger partial charge in [0.15, 0.2) is 0 Å². The molecule has 0 aliphatic heterocycles. The first-order valence-electron chi connectivity index (χ1n) is 4.48. The zero-order valence-electron chi connectivity index (χ0n) is 8.36. The molecule has 0 unspecified atom stereocenters. The molecule has 0 saturated carbocycles. The topological polar surface area (TPSA) is 28.7 Å². The van der Waals surface area contributed by atoms with E-state index >= 15 is 0 Å². The molecule has 2 nitrogen and oxygen atoms in total. The van der Waals surface area contributed by atoms with Crippen LogP contribution < -0.4 is 0 Å². The second-order valence-corrected chi connectivity index (χ2v) is 3.85. The van der Waals surface area contributed by atoms with Gasteiger partial charge in [0.25, 0.3) is 0 Å². The van der Waals surface area contributed by atoms with E-state index in [2.05, 4.69) is 25.9 Å². The van der Waals surface area contributed by atoms with Gasteiger partial charge in [0.2, 0.25) is 0 Å². The molecule has 76 valence electrons. The Hall–Kier alpha value is -0.540. The molecule has 0 aliphatic rings. The summed E-state index contributed by atoms with van der Waals surface area (Å²) in [5, 5.41) is 1.71. The molecule has 0 bridgehead atoms. The Labute approximate surface area is 96.8 Å². The lowest BCUT2D eigenvalue weighted by Crippen LogP contribution is -1.78. The molecular formula is C10H12BrClN2. The number of hydrogen-bond acceptors (Lipinski definition) is 1. The fourth-order valence-corrected chi connectivity index (χ4v) is 1.77. The number of halogens is 2. The first kappa shape index (κ1) is 11.5. The van der Waals surface area contributed by atoms with Crippen molar-refractivity contribution < 1.29 is 0 Å². The van der Waals surface area contributed by atoms with Crippen molar-refractivity contribution in [2.75, 3.05) is 0 Å². The number of fused-ring (bicyclic) bond motifs is 1. The number of aryl methyl sites for hydroxylation is 1. The van der Waals surface area contributed by atoms with Crippen molar-refractivity contribution in [3.05, 3.63) is 27.5 Å². The first-order valence-corrected chi connectivity index (χ1v) is 5.65. The highest BCUT2D eigenvalue weighted by Gasteiger charge is 2.07. The summed E-state index contributed by atoms with van der Waals surface area (Å²) in [5.74, 6) is 0. The zero-order valence-corrected chi connectivity index (χ0v) is 10.7. The van der Waals surface area contributed by atoms with Gasteiger partial charge in [0.1, 0.15) is 5.65 Å². The summed E-state index contributed by atoms with van der Waals surface area (Å²) in [6.45, 7) is 6.00. The lowest BCUT2D eigenvalue weighted by atomic mass is 10.2. The molecule has 2 rings (SSSR count). The van der Waals surface area contributed by atoms with Crippen molar-refractivity contribution in [2.24, 2.45) is 0 Å². The molecule has 1 N–H and O–H groups in total. The number of aromatic nitrogens is 2. The van der Waals surface area contributed by atoms with Gasteiger partial charge in [-0.1, -0.05) is 25.4 Å². The van der Waals surface area contributed by atoms with E-state index < -0.39 is 0 Å². The molecule has 14 heavy (non-hydrogen) atoms. The van der Waals surface area contributed by atoms with E-state index in [1.54, 1.807) is 6.20 Å². The molecule has 0 aromatic carbocycles. The van der Waals surface area contributed by atoms with E-state index in [1.807, 2.05) is 27.0 Å². The minimum atomic E-state index is 0.721. The molecular weight excluding hydrogens is 263 g/mol.